The molecule has 1 saturated carbocycles. The third kappa shape index (κ3) is 2.88. The highest BCUT2D eigenvalue weighted by atomic mass is 19.1. The fourth-order valence-electron chi connectivity index (χ4n) is 5.01. The number of allylic oxidation sites excluding steroid dienone is 2. The van der Waals surface area contributed by atoms with Crippen LogP contribution in [0.1, 0.15) is 51.7 Å². The predicted molar refractivity (Wildman–Crippen MR) is 111 cm³/mol. The summed E-state index contributed by atoms with van der Waals surface area (Å²) < 4.78 is 19.1. The minimum Gasteiger partial charge on any atom is -0.511 e. The van der Waals surface area contributed by atoms with E-state index >= 15 is 0 Å². The molecular formula is C25H27FO3. The fraction of sp³-hybridized carbons (Fsp3) is 0.400. The average molecular weight is 394 g/mol. The van der Waals surface area contributed by atoms with Crippen molar-refractivity contribution in [2.75, 3.05) is 0 Å². The molecule has 2 aliphatic carbocycles. The Bertz CT molecular complexity index is 1000. The number of ether oxygens (including phenoxy) is 1. The van der Waals surface area contributed by atoms with Gasteiger partial charge in [-0.05, 0) is 72.2 Å². The summed E-state index contributed by atoms with van der Waals surface area (Å²) in [4.78, 5) is 13.6. The molecule has 1 fully saturated rings. The Hall–Kier alpha value is -2.62. The summed E-state index contributed by atoms with van der Waals surface area (Å²) in [6, 6.07) is 11.4. The Morgan fingerprint density at radius 3 is 2.41 bits per heavy atom. The SMILES string of the molecule is CCc1ccc(Oc2ccc(F)cc2)cc1C1=C(O)[C@@H]2CC[C@](C)(C1=O)C2(C)C. The summed E-state index contributed by atoms with van der Waals surface area (Å²) >= 11 is 0. The third-order valence-electron chi connectivity index (χ3n) is 7.32. The zero-order chi connectivity index (χ0) is 21.0. The van der Waals surface area contributed by atoms with Crippen molar-refractivity contribution in [2.45, 2.75) is 47.0 Å². The first-order valence-electron chi connectivity index (χ1n) is 10.2. The molecule has 1 N–H and O–H groups in total. The molecule has 4 heteroatoms. The lowest BCUT2D eigenvalue weighted by Crippen LogP contribution is -2.45. The van der Waals surface area contributed by atoms with Gasteiger partial charge >= 0.3 is 0 Å². The predicted octanol–water partition coefficient (Wildman–Crippen LogP) is 6.47. The molecule has 0 aromatic heterocycles. The van der Waals surface area contributed by atoms with Crippen LogP contribution in [-0.4, -0.2) is 10.9 Å². The Kier molecular flexibility index (Phi) is 4.56. The third-order valence-corrected chi connectivity index (χ3v) is 7.32. The van der Waals surface area contributed by atoms with Gasteiger partial charge in [0.05, 0.1) is 5.57 Å². The van der Waals surface area contributed by atoms with Crippen LogP contribution in [0.2, 0.25) is 0 Å². The Morgan fingerprint density at radius 1 is 1.10 bits per heavy atom. The molecule has 0 heterocycles. The summed E-state index contributed by atoms with van der Waals surface area (Å²) in [7, 11) is 0. The van der Waals surface area contributed by atoms with Gasteiger partial charge in [-0.25, -0.2) is 4.39 Å². The van der Waals surface area contributed by atoms with Gasteiger partial charge in [-0.2, -0.15) is 0 Å². The number of ketones is 1. The number of carbonyl (C=O) groups is 1. The number of halogens is 1. The number of hydrogen-bond donors (Lipinski definition) is 1. The number of carbonyl (C=O) groups excluding carboxylic acids is 1. The summed E-state index contributed by atoms with van der Waals surface area (Å²) in [5, 5.41) is 11.1. The van der Waals surface area contributed by atoms with Crippen LogP contribution < -0.4 is 4.74 Å². The van der Waals surface area contributed by atoms with Gasteiger partial charge in [-0.3, -0.25) is 4.79 Å². The molecule has 0 amide bonds. The highest BCUT2D eigenvalue weighted by molar-refractivity contribution is 6.25. The largest absolute Gasteiger partial charge is 0.511 e. The van der Waals surface area contributed by atoms with E-state index in [2.05, 4.69) is 13.8 Å². The zero-order valence-electron chi connectivity index (χ0n) is 17.4. The van der Waals surface area contributed by atoms with Crippen LogP contribution in [0, 0.1) is 22.6 Å². The van der Waals surface area contributed by atoms with Crippen molar-refractivity contribution in [2.24, 2.45) is 16.7 Å². The first-order chi connectivity index (χ1) is 13.7. The number of hydrogen-bond acceptors (Lipinski definition) is 3. The van der Waals surface area contributed by atoms with E-state index in [4.69, 9.17) is 4.74 Å². The maximum Gasteiger partial charge on any atom is 0.173 e. The van der Waals surface area contributed by atoms with Crippen molar-refractivity contribution in [1.82, 2.24) is 0 Å². The van der Waals surface area contributed by atoms with E-state index in [1.165, 1.54) is 12.1 Å². The van der Waals surface area contributed by atoms with Crippen molar-refractivity contribution in [3.63, 3.8) is 0 Å². The summed E-state index contributed by atoms with van der Waals surface area (Å²) in [5.74, 6) is 0.952. The molecule has 2 bridgehead atoms. The molecular weight excluding hydrogens is 367 g/mol. The molecule has 0 saturated heterocycles. The molecule has 0 spiro atoms. The molecule has 152 valence electrons. The van der Waals surface area contributed by atoms with Gasteiger partial charge in [0.2, 0.25) is 0 Å². The molecule has 4 rings (SSSR count). The average Bonchev–Trinajstić information content (AvgIpc) is 2.87. The standard InChI is InChI=1S/C25H27FO3/c1-5-15-6-9-18(29-17-10-7-16(26)8-11-17)14-19(15)21-22(27)20-12-13-25(4,23(21)28)24(20,2)3/h6-11,14,20,27H,5,12-13H2,1-4H3/t20-,25+/m0/s1. The van der Waals surface area contributed by atoms with Crippen molar-refractivity contribution in [3.8, 4) is 11.5 Å². The smallest absolute Gasteiger partial charge is 0.173 e. The Balaban J connectivity index is 1.80. The van der Waals surface area contributed by atoms with E-state index in [9.17, 15) is 14.3 Å². The van der Waals surface area contributed by atoms with Gasteiger partial charge in [-0.1, -0.05) is 33.8 Å². The molecule has 2 aromatic carbocycles. The van der Waals surface area contributed by atoms with Crippen LogP contribution in [0.15, 0.2) is 48.2 Å². The fourth-order valence-corrected chi connectivity index (χ4v) is 5.01. The molecule has 0 radical (unpaired) electrons. The second kappa shape index (κ2) is 6.72. The Labute approximate surface area is 171 Å². The minimum absolute atomic E-state index is 0.0161. The van der Waals surface area contributed by atoms with Crippen LogP contribution in [0.4, 0.5) is 4.39 Å². The van der Waals surface area contributed by atoms with Gasteiger partial charge in [0.1, 0.15) is 23.1 Å². The highest BCUT2D eigenvalue weighted by Gasteiger charge is 2.61. The van der Waals surface area contributed by atoms with Crippen LogP contribution in [0.25, 0.3) is 5.57 Å². The maximum atomic E-state index is 13.6. The van der Waals surface area contributed by atoms with Gasteiger partial charge in [0.15, 0.2) is 5.78 Å². The molecule has 2 atom stereocenters. The Morgan fingerprint density at radius 2 is 1.76 bits per heavy atom. The van der Waals surface area contributed by atoms with Crippen molar-refractivity contribution >= 4 is 11.4 Å². The summed E-state index contributed by atoms with van der Waals surface area (Å²) in [5.41, 5.74) is 1.41. The normalized spacial score (nSPS) is 25.4. The second-order valence-electron chi connectivity index (χ2n) is 8.96. The van der Waals surface area contributed by atoms with Crippen LogP contribution in [0.5, 0.6) is 11.5 Å². The molecule has 29 heavy (non-hydrogen) atoms. The highest BCUT2D eigenvalue weighted by Crippen LogP contribution is 2.63. The van der Waals surface area contributed by atoms with Crippen molar-refractivity contribution in [3.05, 3.63) is 65.2 Å². The molecule has 2 aliphatic rings. The van der Waals surface area contributed by atoms with Crippen LogP contribution in [0.3, 0.4) is 0 Å². The first kappa shape index (κ1) is 19.7. The second-order valence-corrected chi connectivity index (χ2v) is 8.96. The van der Waals surface area contributed by atoms with Gasteiger partial charge < -0.3 is 9.84 Å². The molecule has 0 aliphatic heterocycles. The van der Waals surface area contributed by atoms with Crippen molar-refractivity contribution < 1.29 is 19.0 Å². The number of fused-ring (bicyclic) bond motifs is 2. The first-order valence-corrected chi connectivity index (χ1v) is 10.2. The monoisotopic (exact) mass is 394 g/mol. The van der Waals surface area contributed by atoms with E-state index in [0.717, 1.165) is 30.4 Å². The van der Waals surface area contributed by atoms with Crippen LogP contribution >= 0.6 is 0 Å². The lowest BCUT2D eigenvalue weighted by molar-refractivity contribution is -0.128. The lowest BCUT2D eigenvalue weighted by atomic mass is 9.58. The number of aliphatic hydroxyl groups is 1. The number of rotatable bonds is 4. The van der Waals surface area contributed by atoms with E-state index < -0.39 is 5.41 Å². The summed E-state index contributed by atoms with van der Waals surface area (Å²) in [6.07, 6.45) is 2.34. The minimum atomic E-state index is -0.488. The van der Waals surface area contributed by atoms with Gasteiger partial charge in [0.25, 0.3) is 0 Å². The van der Waals surface area contributed by atoms with E-state index in [1.807, 2.05) is 32.0 Å². The van der Waals surface area contributed by atoms with E-state index in [-0.39, 0.29) is 28.7 Å². The quantitative estimate of drug-likeness (QED) is 0.646. The van der Waals surface area contributed by atoms with Gasteiger partial charge in [-0.15, -0.1) is 0 Å². The zero-order valence-corrected chi connectivity index (χ0v) is 17.4. The maximum absolute atomic E-state index is 13.6. The number of Topliss-reactive ketones (excluding diaryl/α,β-unsaturated/α-hetero) is 1. The number of aryl methyl sites for hydroxylation is 1. The van der Waals surface area contributed by atoms with E-state index in [1.54, 1.807) is 12.1 Å². The van der Waals surface area contributed by atoms with Crippen molar-refractivity contribution in [1.29, 1.82) is 0 Å². The lowest BCUT2D eigenvalue weighted by Gasteiger charge is -2.45. The van der Waals surface area contributed by atoms with Crippen LogP contribution in [-0.2, 0) is 11.2 Å². The summed E-state index contributed by atoms with van der Waals surface area (Å²) in [6.45, 7) is 8.24. The topological polar surface area (TPSA) is 46.5 Å². The number of aliphatic hydroxyl groups excluding tert-OH is 1. The molecule has 0 unspecified atom stereocenters. The number of benzene rings is 2. The van der Waals surface area contributed by atoms with Gasteiger partial charge in [0, 0.05) is 11.3 Å². The molecule has 2 aromatic rings. The van der Waals surface area contributed by atoms with E-state index in [0.29, 0.717) is 17.1 Å². The molecule has 3 nitrogen and oxygen atoms in total.